The number of nitrogens with one attached hydrogen (secondary N) is 1. The molecule has 0 spiro atoms. The van der Waals surface area contributed by atoms with E-state index >= 15 is 0 Å². The van der Waals surface area contributed by atoms with Crippen LogP contribution in [-0.2, 0) is 4.74 Å². The van der Waals surface area contributed by atoms with Crippen molar-refractivity contribution in [1.29, 1.82) is 0 Å². The third-order valence-electron chi connectivity index (χ3n) is 1.97. The number of carbonyl (C=O) groups excluding carboxylic acids is 1. The molecule has 1 rings (SSSR count). The third-order valence-corrected chi connectivity index (χ3v) is 1.97. The van der Waals surface area contributed by atoms with Gasteiger partial charge in [0.15, 0.2) is 0 Å². The molecule has 4 nitrogen and oxygen atoms in total. The van der Waals surface area contributed by atoms with Gasteiger partial charge in [-0.2, -0.15) is 0 Å². The Bertz CT molecular complexity index is 150. The Balaban J connectivity index is 2.02. The molecule has 0 aliphatic carbocycles. The second-order valence-electron chi connectivity index (χ2n) is 2.92. The van der Waals surface area contributed by atoms with E-state index in [1.807, 2.05) is 4.90 Å². The van der Waals surface area contributed by atoms with Gasteiger partial charge in [-0.25, -0.2) is 4.79 Å². The average molecular weight is 172 g/mol. The smallest absolute Gasteiger partial charge is 0.317 e. The predicted octanol–water partition coefficient (Wildman–Crippen LogP) is 0.438. The first-order valence-electron chi connectivity index (χ1n) is 4.36. The van der Waals surface area contributed by atoms with E-state index in [4.69, 9.17) is 4.74 Å². The van der Waals surface area contributed by atoms with E-state index < -0.39 is 0 Å². The van der Waals surface area contributed by atoms with E-state index in [2.05, 4.69) is 5.32 Å². The Hall–Kier alpha value is -0.770. The summed E-state index contributed by atoms with van der Waals surface area (Å²) in [5.74, 6) is 0. The molecule has 12 heavy (non-hydrogen) atoms. The third kappa shape index (κ3) is 2.70. The maximum absolute atomic E-state index is 11.0. The Labute approximate surface area is 72.9 Å². The summed E-state index contributed by atoms with van der Waals surface area (Å²) in [5.41, 5.74) is 0. The molecule has 1 fully saturated rings. The van der Waals surface area contributed by atoms with Crippen LogP contribution in [0.1, 0.15) is 12.8 Å². The van der Waals surface area contributed by atoms with Crippen molar-refractivity contribution in [2.45, 2.75) is 12.8 Å². The highest BCUT2D eigenvalue weighted by Crippen LogP contribution is 1.99. The van der Waals surface area contributed by atoms with E-state index in [-0.39, 0.29) is 6.03 Å². The molecule has 70 valence electrons. The highest BCUT2D eigenvalue weighted by atomic mass is 16.5. The van der Waals surface area contributed by atoms with Crippen molar-refractivity contribution in [2.24, 2.45) is 0 Å². The maximum atomic E-state index is 11.0. The minimum Gasteiger partial charge on any atom is -0.385 e. The fourth-order valence-corrected chi connectivity index (χ4v) is 1.27. The molecule has 0 bridgehead atoms. The van der Waals surface area contributed by atoms with E-state index in [0.29, 0.717) is 0 Å². The van der Waals surface area contributed by atoms with Crippen LogP contribution in [0.4, 0.5) is 4.79 Å². The van der Waals surface area contributed by atoms with Crippen molar-refractivity contribution in [3.63, 3.8) is 0 Å². The zero-order valence-electron chi connectivity index (χ0n) is 7.51. The van der Waals surface area contributed by atoms with Gasteiger partial charge >= 0.3 is 6.03 Å². The van der Waals surface area contributed by atoms with Crippen LogP contribution < -0.4 is 5.32 Å². The Morgan fingerprint density at radius 3 is 3.00 bits per heavy atom. The predicted molar refractivity (Wildman–Crippen MR) is 46.1 cm³/mol. The topological polar surface area (TPSA) is 41.6 Å². The Morgan fingerprint density at radius 2 is 2.42 bits per heavy atom. The van der Waals surface area contributed by atoms with Crippen molar-refractivity contribution in [2.75, 3.05) is 33.4 Å². The second-order valence-corrected chi connectivity index (χ2v) is 2.92. The monoisotopic (exact) mass is 172 g/mol. The van der Waals surface area contributed by atoms with E-state index in [1.54, 1.807) is 7.11 Å². The fourth-order valence-electron chi connectivity index (χ4n) is 1.27. The van der Waals surface area contributed by atoms with Crippen LogP contribution in [-0.4, -0.2) is 44.3 Å². The van der Waals surface area contributed by atoms with Crippen LogP contribution in [0.2, 0.25) is 0 Å². The lowest BCUT2D eigenvalue weighted by atomic mass is 10.3. The summed E-state index contributed by atoms with van der Waals surface area (Å²) in [6.45, 7) is 3.29. The highest BCUT2D eigenvalue weighted by molar-refractivity contribution is 5.76. The summed E-state index contributed by atoms with van der Waals surface area (Å²) in [6, 6.07) is 0.0763. The first-order valence-corrected chi connectivity index (χ1v) is 4.36. The van der Waals surface area contributed by atoms with Gasteiger partial charge in [0, 0.05) is 33.4 Å². The fraction of sp³-hybridized carbons (Fsp3) is 0.875. The first-order chi connectivity index (χ1) is 5.84. The number of urea groups is 1. The van der Waals surface area contributed by atoms with Gasteiger partial charge in [-0.1, -0.05) is 0 Å². The number of hydrogen-bond acceptors (Lipinski definition) is 2. The van der Waals surface area contributed by atoms with Crippen LogP contribution in [0, 0.1) is 0 Å². The molecule has 2 amide bonds. The second kappa shape index (κ2) is 4.98. The summed E-state index contributed by atoms with van der Waals surface area (Å²) in [6.07, 6.45) is 2.06. The van der Waals surface area contributed by atoms with Gasteiger partial charge in [-0.15, -0.1) is 0 Å². The molecule has 0 aromatic heterocycles. The van der Waals surface area contributed by atoms with E-state index in [1.165, 1.54) is 0 Å². The molecule has 0 saturated carbocycles. The Kier molecular flexibility index (Phi) is 3.87. The first kappa shape index (κ1) is 9.32. The summed E-state index contributed by atoms with van der Waals surface area (Å²) < 4.78 is 4.91. The van der Waals surface area contributed by atoms with Crippen LogP contribution in [0.25, 0.3) is 0 Å². The van der Waals surface area contributed by atoms with Gasteiger partial charge in [-0.3, -0.25) is 0 Å². The SMILES string of the molecule is COCCCCN1CCNC1=O. The van der Waals surface area contributed by atoms with Crippen molar-refractivity contribution in [3.05, 3.63) is 0 Å². The molecule has 0 atom stereocenters. The van der Waals surface area contributed by atoms with Crippen LogP contribution in [0.3, 0.4) is 0 Å². The van der Waals surface area contributed by atoms with Gasteiger partial charge in [0.05, 0.1) is 0 Å². The molecular formula is C8H16N2O2. The van der Waals surface area contributed by atoms with Gasteiger partial charge in [-0.05, 0) is 12.8 Å². The minimum atomic E-state index is 0.0763. The quantitative estimate of drug-likeness (QED) is 0.611. The van der Waals surface area contributed by atoms with Crippen molar-refractivity contribution >= 4 is 6.03 Å². The van der Waals surface area contributed by atoms with Crippen LogP contribution in [0.15, 0.2) is 0 Å². The number of amides is 2. The molecule has 1 heterocycles. The van der Waals surface area contributed by atoms with Gasteiger partial charge in [0.2, 0.25) is 0 Å². The number of ether oxygens (including phenoxy) is 1. The summed E-state index contributed by atoms with van der Waals surface area (Å²) >= 11 is 0. The molecule has 0 aromatic carbocycles. The Morgan fingerprint density at radius 1 is 1.58 bits per heavy atom. The van der Waals surface area contributed by atoms with Crippen molar-refractivity contribution in [1.82, 2.24) is 10.2 Å². The largest absolute Gasteiger partial charge is 0.385 e. The lowest BCUT2D eigenvalue weighted by Crippen LogP contribution is -2.29. The minimum absolute atomic E-state index is 0.0763. The number of hydrogen-bond donors (Lipinski definition) is 1. The van der Waals surface area contributed by atoms with Gasteiger partial charge < -0.3 is 15.0 Å². The van der Waals surface area contributed by atoms with Crippen molar-refractivity contribution in [3.8, 4) is 0 Å². The molecule has 1 saturated heterocycles. The number of unbranched alkanes of at least 4 members (excludes halogenated alkanes) is 1. The molecular weight excluding hydrogens is 156 g/mol. The van der Waals surface area contributed by atoms with Gasteiger partial charge in [0.25, 0.3) is 0 Å². The highest BCUT2D eigenvalue weighted by Gasteiger charge is 2.17. The lowest BCUT2D eigenvalue weighted by Gasteiger charge is -2.12. The molecule has 0 unspecified atom stereocenters. The summed E-state index contributed by atoms with van der Waals surface area (Å²) in [7, 11) is 1.70. The van der Waals surface area contributed by atoms with E-state index in [0.717, 1.165) is 39.1 Å². The number of methoxy groups -OCH3 is 1. The summed E-state index contributed by atoms with van der Waals surface area (Å²) in [4.78, 5) is 12.9. The molecule has 1 aliphatic rings. The average Bonchev–Trinajstić information content (AvgIpc) is 2.46. The van der Waals surface area contributed by atoms with Crippen LogP contribution in [0.5, 0.6) is 0 Å². The van der Waals surface area contributed by atoms with Crippen LogP contribution >= 0.6 is 0 Å². The molecule has 1 N–H and O–H groups in total. The summed E-state index contributed by atoms with van der Waals surface area (Å²) in [5, 5.41) is 2.77. The maximum Gasteiger partial charge on any atom is 0.317 e. The lowest BCUT2D eigenvalue weighted by molar-refractivity contribution is 0.185. The number of rotatable bonds is 5. The zero-order valence-corrected chi connectivity index (χ0v) is 7.51. The van der Waals surface area contributed by atoms with Crippen molar-refractivity contribution < 1.29 is 9.53 Å². The zero-order chi connectivity index (χ0) is 8.81. The van der Waals surface area contributed by atoms with Gasteiger partial charge in [0.1, 0.15) is 0 Å². The number of nitrogens with zero attached hydrogens (tertiary/aromatic N) is 1. The molecule has 0 radical (unpaired) electrons. The normalized spacial score (nSPS) is 16.8. The molecule has 1 aliphatic heterocycles. The van der Waals surface area contributed by atoms with E-state index in [9.17, 15) is 4.79 Å². The standard InChI is InChI=1S/C8H16N2O2/c1-12-7-3-2-5-10-6-4-9-8(10)11/h2-7H2,1H3,(H,9,11). The number of carbonyl (C=O) groups is 1. The molecule has 0 aromatic rings. The molecule has 4 heteroatoms.